The van der Waals surface area contributed by atoms with Crippen LogP contribution in [0.2, 0.25) is 0 Å². The van der Waals surface area contributed by atoms with Crippen molar-refractivity contribution in [2.24, 2.45) is 0 Å². The highest BCUT2D eigenvalue weighted by molar-refractivity contribution is 5.28. The smallest absolute Gasteiger partial charge is 0.0970 e. The van der Waals surface area contributed by atoms with Gasteiger partial charge in [0.2, 0.25) is 0 Å². The number of likely N-dealkylation sites (tertiary alicyclic amines) is 1. The van der Waals surface area contributed by atoms with Crippen molar-refractivity contribution in [1.29, 1.82) is 0 Å². The van der Waals surface area contributed by atoms with Crippen LogP contribution in [0.3, 0.4) is 0 Å². The highest BCUT2D eigenvalue weighted by Crippen LogP contribution is 2.23. The molecule has 1 saturated heterocycles. The standard InChI is InChI=1S/C22H25N/c1-4-12-20(13-5-1)14-8-9-17-22(21-15-6-2-7-16-21)23-18-10-3-11-19-23/h1-2,4-7,12-13,15-16,22H,3,8,10-11,14,18-19H2. The Labute approximate surface area is 140 Å². The van der Waals surface area contributed by atoms with Crippen molar-refractivity contribution in [3.05, 3.63) is 71.8 Å². The van der Waals surface area contributed by atoms with Crippen LogP contribution in [0.4, 0.5) is 0 Å². The first kappa shape index (κ1) is 15.8. The number of piperidine rings is 1. The molecule has 0 N–H and O–H groups in total. The van der Waals surface area contributed by atoms with Gasteiger partial charge in [0.1, 0.15) is 0 Å². The normalized spacial score (nSPS) is 16.3. The van der Waals surface area contributed by atoms with Gasteiger partial charge >= 0.3 is 0 Å². The van der Waals surface area contributed by atoms with Gasteiger partial charge in [0.15, 0.2) is 0 Å². The van der Waals surface area contributed by atoms with Gasteiger partial charge in [0.25, 0.3) is 0 Å². The zero-order valence-electron chi connectivity index (χ0n) is 13.7. The highest BCUT2D eigenvalue weighted by Gasteiger charge is 2.19. The van der Waals surface area contributed by atoms with Crippen LogP contribution in [0.25, 0.3) is 0 Å². The van der Waals surface area contributed by atoms with E-state index in [4.69, 9.17) is 0 Å². The number of hydrogen-bond donors (Lipinski definition) is 0. The molecular formula is C22H25N. The predicted octanol–water partition coefficient (Wildman–Crippen LogP) is 4.85. The van der Waals surface area contributed by atoms with Crippen molar-refractivity contribution in [3.8, 4) is 11.8 Å². The van der Waals surface area contributed by atoms with E-state index in [9.17, 15) is 0 Å². The molecule has 2 aromatic carbocycles. The van der Waals surface area contributed by atoms with Gasteiger partial charge in [-0.1, -0.05) is 73.0 Å². The molecule has 118 valence electrons. The summed E-state index contributed by atoms with van der Waals surface area (Å²) in [5, 5.41) is 0. The molecule has 1 aliphatic heterocycles. The van der Waals surface area contributed by atoms with Crippen molar-refractivity contribution in [2.75, 3.05) is 13.1 Å². The van der Waals surface area contributed by atoms with E-state index in [-0.39, 0.29) is 6.04 Å². The maximum Gasteiger partial charge on any atom is 0.0970 e. The van der Waals surface area contributed by atoms with Crippen LogP contribution >= 0.6 is 0 Å². The molecule has 1 fully saturated rings. The Hall–Kier alpha value is -2.04. The highest BCUT2D eigenvalue weighted by atomic mass is 15.2. The van der Waals surface area contributed by atoms with Gasteiger partial charge in [-0.2, -0.15) is 0 Å². The zero-order chi connectivity index (χ0) is 15.7. The lowest BCUT2D eigenvalue weighted by Crippen LogP contribution is -2.33. The third-order valence-corrected chi connectivity index (χ3v) is 4.49. The molecule has 1 atom stereocenters. The van der Waals surface area contributed by atoms with Crippen molar-refractivity contribution in [3.63, 3.8) is 0 Å². The monoisotopic (exact) mass is 303 g/mol. The van der Waals surface area contributed by atoms with E-state index in [1.54, 1.807) is 0 Å². The molecule has 23 heavy (non-hydrogen) atoms. The van der Waals surface area contributed by atoms with Gasteiger partial charge in [0, 0.05) is 6.42 Å². The zero-order valence-corrected chi connectivity index (χ0v) is 13.7. The summed E-state index contributed by atoms with van der Waals surface area (Å²) >= 11 is 0. The van der Waals surface area contributed by atoms with E-state index in [1.165, 1.54) is 43.5 Å². The second-order valence-corrected chi connectivity index (χ2v) is 6.22. The molecule has 0 radical (unpaired) electrons. The molecule has 0 saturated carbocycles. The maximum absolute atomic E-state index is 3.55. The molecule has 0 aliphatic carbocycles. The topological polar surface area (TPSA) is 3.24 Å². The fourth-order valence-electron chi connectivity index (χ4n) is 3.22. The summed E-state index contributed by atoms with van der Waals surface area (Å²) in [5.41, 5.74) is 2.71. The number of aryl methyl sites for hydroxylation is 1. The van der Waals surface area contributed by atoms with Crippen LogP contribution in [0.15, 0.2) is 60.7 Å². The quantitative estimate of drug-likeness (QED) is 0.730. The Bertz CT molecular complexity index is 630. The summed E-state index contributed by atoms with van der Waals surface area (Å²) in [6.07, 6.45) is 5.93. The van der Waals surface area contributed by atoms with E-state index in [2.05, 4.69) is 77.4 Å². The van der Waals surface area contributed by atoms with Gasteiger partial charge in [-0.25, -0.2) is 0 Å². The molecule has 0 aromatic heterocycles. The van der Waals surface area contributed by atoms with E-state index in [0.29, 0.717) is 0 Å². The van der Waals surface area contributed by atoms with Crippen LogP contribution in [0, 0.1) is 11.8 Å². The number of benzene rings is 2. The molecule has 3 rings (SSSR count). The largest absolute Gasteiger partial charge is 0.286 e. The molecule has 0 spiro atoms. The van der Waals surface area contributed by atoms with Crippen LogP contribution < -0.4 is 0 Å². The summed E-state index contributed by atoms with van der Waals surface area (Å²) in [7, 11) is 0. The van der Waals surface area contributed by atoms with Crippen molar-refractivity contribution < 1.29 is 0 Å². The third-order valence-electron chi connectivity index (χ3n) is 4.49. The van der Waals surface area contributed by atoms with Gasteiger partial charge in [-0.15, -0.1) is 5.92 Å². The third kappa shape index (κ3) is 4.71. The van der Waals surface area contributed by atoms with E-state index in [1.807, 2.05) is 0 Å². The molecule has 0 bridgehead atoms. The lowest BCUT2D eigenvalue weighted by atomic mass is 10.0. The summed E-state index contributed by atoms with van der Waals surface area (Å²) < 4.78 is 0. The Morgan fingerprint density at radius 1 is 0.826 bits per heavy atom. The van der Waals surface area contributed by atoms with E-state index < -0.39 is 0 Å². The van der Waals surface area contributed by atoms with Crippen molar-refractivity contribution >= 4 is 0 Å². The minimum Gasteiger partial charge on any atom is -0.286 e. The van der Waals surface area contributed by atoms with E-state index >= 15 is 0 Å². The molecular weight excluding hydrogens is 278 g/mol. The van der Waals surface area contributed by atoms with Gasteiger partial charge in [-0.05, 0) is 43.5 Å². The second kappa shape index (κ2) is 8.56. The van der Waals surface area contributed by atoms with E-state index in [0.717, 1.165) is 12.8 Å². The van der Waals surface area contributed by atoms with Crippen molar-refractivity contribution in [2.45, 2.75) is 38.1 Å². The number of rotatable bonds is 4. The van der Waals surface area contributed by atoms with Crippen LogP contribution in [-0.2, 0) is 6.42 Å². The maximum atomic E-state index is 3.55. The predicted molar refractivity (Wildman–Crippen MR) is 97.1 cm³/mol. The van der Waals surface area contributed by atoms with Crippen LogP contribution in [-0.4, -0.2) is 18.0 Å². The first-order chi connectivity index (χ1) is 11.4. The Kier molecular flexibility index (Phi) is 5.89. The first-order valence-corrected chi connectivity index (χ1v) is 8.75. The molecule has 1 heteroatoms. The summed E-state index contributed by atoms with van der Waals surface area (Å²) in [6.45, 7) is 2.35. The van der Waals surface area contributed by atoms with Gasteiger partial charge < -0.3 is 0 Å². The fourth-order valence-corrected chi connectivity index (χ4v) is 3.22. The van der Waals surface area contributed by atoms with Gasteiger partial charge in [-0.3, -0.25) is 4.90 Å². The molecule has 0 amide bonds. The average molecular weight is 303 g/mol. The minimum atomic E-state index is 0.257. The molecule has 1 unspecified atom stereocenters. The van der Waals surface area contributed by atoms with Crippen LogP contribution in [0.5, 0.6) is 0 Å². The minimum absolute atomic E-state index is 0.257. The SMILES string of the molecule is C(#CC(c1ccccc1)N1CCCCC1)CCc1ccccc1. The summed E-state index contributed by atoms with van der Waals surface area (Å²) in [6, 6.07) is 21.6. The molecule has 1 heterocycles. The lowest BCUT2D eigenvalue weighted by molar-refractivity contribution is 0.197. The Balaban J connectivity index is 1.67. The molecule has 1 aliphatic rings. The fraction of sp³-hybridized carbons (Fsp3) is 0.364. The average Bonchev–Trinajstić information content (AvgIpc) is 2.64. The summed E-state index contributed by atoms with van der Waals surface area (Å²) in [4.78, 5) is 2.55. The summed E-state index contributed by atoms with van der Waals surface area (Å²) in [5.74, 6) is 6.99. The number of hydrogen-bond acceptors (Lipinski definition) is 1. The Morgan fingerprint density at radius 2 is 1.48 bits per heavy atom. The lowest BCUT2D eigenvalue weighted by Gasteiger charge is -2.31. The Morgan fingerprint density at radius 3 is 2.17 bits per heavy atom. The molecule has 2 aromatic rings. The van der Waals surface area contributed by atoms with Crippen LogP contribution in [0.1, 0.15) is 42.9 Å². The first-order valence-electron chi connectivity index (χ1n) is 8.75. The van der Waals surface area contributed by atoms with Gasteiger partial charge in [0.05, 0.1) is 6.04 Å². The second-order valence-electron chi connectivity index (χ2n) is 6.22. The van der Waals surface area contributed by atoms with Crippen molar-refractivity contribution in [1.82, 2.24) is 4.90 Å². The number of nitrogens with zero attached hydrogens (tertiary/aromatic N) is 1. The molecule has 1 nitrogen and oxygen atoms in total.